The number of rotatable bonds is 7. The molecule has 0 aliphatic rings. The Labute approximate surface area is 205 Å². The number of aromatic nitrogens is 5. The molecule has 0 amide bonds. The van der Waals surface area contributed by atoms with E-state index < -0.39 is 0 Å². The lowest BCUT2D eigenvalue weighted by molar-refractivity contribution is 0.456. The van der Waals surface area contributed by atoms with Crippen LogP contribution in [0.15, 0.2) is 89.4 Å². The van der Waals surface area contributed by atoms with E-state index in [0.717, 1.165) is 11.4 Å². The van der Waals surface area contributed by atoms with Crippen LogP contribution >= 0.6 is 0 Å². The van der Waals surface area contributed by atoms with E-state index in [1.165, 1.54) is 6.07 Å². The van der Waals surface area contributed by atoms with Gasteiger partial charge in [0.2, 0.25) is 11.9 Å². The Morgan fingerprint density at radius 1 is 0.722 bits per heavy atom. The molecule has 11 nitrogen and oxygen atoms in total. The number of aromatic hydroxyl groups is 2. The molecule has 4 N–H and O–H groups in total. The van der Waals surface area contributed by atoms with Crippen LogP contribution in [0.3, 0.4) is 0 Å². The molecule has 0 spiro atoms. The largest absolute Gasteiger partial charge is 0.507 e. The summed E-state index contributed by atoms with van der Waals surface area (Å²) in [5.74, 6) is -0.105. The lowest BCUT2D eigenvalue weighted by atomic mass is 10.1. The first kappa shape index (κ1) is 22.6. The lowest BCUT2D eigenvalue weighted by Gasteiger charge is -2.22. The van der Waals surface area contributed by atoms with Crippen molar-refractivity contribution in [1.29, 1.82) is 0 Å². The molecule has 178 valence electrons. The molecule has 0 atom stereocenters. The smallest absolute Gasteiger partial charge is 0.275 e. The Morgan fingerprint density at radius 3 is 2.00 bits per heavy atom. The van der Waals surface area contributed by atoms with Crippen molar-refractivity contribution >= 4 is 34.3 Å². The first-order chi connectivity index (χ1) is 17.6. The number of phenolic OH excluding ortho intramolecular Hbond substituents is 2. The molecule has 3 aromatic heterocycles. The molecule has 0 aliphatic carbocycles. The first-order valence-corrected chi connectivity index (χ1v) is 11.0. The van der Waals surface area contributed by atoms with Crippen LogP contribution in [-0.4, -0.2) is 35.1 Å². The van der Waals surface area contributed by atoms with Gasteiger partial charge in [0, 0.05) is 29.2 Å². The Balaban J connectivity index is 1.51. The molecule has 0 saturated heterocycles. The van der Waals surface area contributed by atoms with Crippen LogP contribution in [0, 0.1) is 0 Å². The number of phenols is 2. The number of fused-ring (bicyclic) bond motifs is 1. The van der Waals surface area contributed by atoms with Gasteiger partial charge in [0.15, 0.2) is 0 Å². The van der Waals surface area contributed by atoms with Crippen LogP contribution in [0.25, 0.3) is 10.8 Å². The normalized spacial score (nSPS) is 11.2. The van der Waals surface area contributed by atoms with Gasteiger partial charge in [-0.05, 0) is 24.3 Å². The highest BCUT2D eigenvalue weighted by Gasteiger charge is 2.16. The number of benzene rings is 2. The number of pyridine rings is 2. The van der Waals surface area contributed by atoms with Crippen molar-refractivity contribution in [2.24, 2.45) is 10.2 Å². The summed E-state index contributed by atoms with van der Waals surface area (Å²) in [6, 6.07) is 19.5. The zero-order valence-electron chi connectivity index (χ0n) is 19.0. The van der Waals surface area contributed by atoms with Crippen molar-refractivity contribution < 1.29 is 10.2 Å². The van der Waals surface area contributed by atoms with Gasteiger partial charge in [0.05, 0.1) is 24.5 Å². The molecule has 36 heavy (non-hydrogen) atoms. The second kappa shape index (κ2) is 9.97. The van der Waals surface area contributed by atoms with Crippen LogP contribution in [0.1, 0.15) is 11.4 Å². The number of hydrogen-bond acceptors (Lipinski definition) is 11. The highest BCUT2D eigenvalue weighted by Crippen LogP contribution is 2.40. The second-order valence-corrected chi connectivity index (χ2v) is 7.80. The molecule has 0 aliphatic heterocycles. The number of nitrogens with zero attached hydrogens (tertiary/aromatic N) is 8. The summed E-state index contributed by atoms with van der Waals surface area (Å²) < 4.78 is 0. The van der Waals surface area contributed by atoms with Gasteiger partial charge >= 0.3 is 0 Å². The predicted octanol–water partition coefficient (Wildman–Crippen LogP) is 4.43. The Morgan fingerprint density at radius 2 is 1.36 bits per heavy atom. The molecule has 5 rings (SSSR count). The van der Waals surface area contributed by atoms with E-state index in [-0.39, 0.29) is 35.0 Å². The minimum absolute atomic E-state index is 0.0407. The highest BCUT2D eigenvalue weighted by molar-refractivity contribution is 5.99. The van der Waals surface area contributed by atoms with Gasteiger partial charge in [-0.2, -0.15) is 15.0 Å². The van der Waals surface area contributed by atoms with E-state index in [4.69, 9.17) is 5.73 Å². The van der Waals surface area contributed by atoms with Crippen molar-refractivity contribution in [3.05, 3.63) is 90.5 Å². The van der Waals surface area contributed by atoms with Crippen molar-refractivity contribution in [3.63, 3.8) is 0 Å². The van der Waals surface area contributed by atoms with Gasteiger partial charge in [-0.15, -0.1) is 10.2 Å². The third-order valence-electron chi connectivity index (χ3n) is 5.28. The molecule has 5 aromatic rings. The quantitative estimate of drug-likeness (QED) is 0.287. The molecule has 3 heterocycles. The van der Waals surface area contributed by atoms with Gasteiger partial charge < -0.3 is 20.8 Å². The Bertz CT molecular complexity index is 1490. The molecule has 0 unspecified atom stereocenters. The van der Waals surface area contributed by atoms with Gasteiger partial charge in [-0.1, -0.05) is 36.4 Å². The van der Waals surface area contributed by atoms with Gasteiger partial charge in [-0.25, -0.2) is 0 Å². The molecule has 11 heteroatoms. The zero-order chi connectivity index (χ0) is 24.9. The number of nitrogens with two attached hydrogens (primary N) is 1. The average Bonchev–Trinajstić information content (AvgIpc) is 2.89. The molecular formula is C25H21N9O2. The monoisotopic (exact) mass is 479 g/mol. The van der Waals surface area contributed by atoms with E-state index in [1.807, 2.05) is 41.3 Å². The summed E-state index contributed by atoms with van der Waals surface area (Å²) in [6.45, 7) is 0.779. The van der Waals surface area contributed by atoms with Gasteiger partial charge in [-0.3, -0.25) is 9.97 Å². The number of nitrogen functional groups attached to an aromatic ring is 1. The fourth-order valence-electron chi connectivity index (χ4n) is 3.65. The minimum atomic E-state index is -0.232. The summed E-state index contributed by atoms with van der Waals surface area (Å²) in [6.07, 6.45) is 3.42. The average molecular weight is 480 g/mol. The van der Waals surface area contributed by atoms with E-state index >= 15 is 0 Å². The lowest BCUT2D eigenvalue weighted by Crippen LogP contribution is -2.25. The highest BCUT2D eigenvalue weighted by atomic mass is 16.3. The summed E-state index contributed by atoms with van der Waals surface area (Å²) >= 11 is 0. The molecule has 2 aromatic carbocycles. The number of hydrogen-bond donors (Lipinski definition) is 3. The summed E-state index contributed by atoms with van der Waals surface area (Å²) in [5, 5.41) is 29.9. The number of anilines is 2. The van der Waals surface area contributed by atoms with Gasteiger partial charge in [0.25, 0.3) is 5.95 Å². The van der Waals surface area contributed by atoms with Crippen molar-refractivity contribution in [3.8, 4) is 11.5 Å². The third kappa shape index (κ3) is 4.99. The van der Waals surface area contributed by atoms with Crippen LogP contribution < -0.4 is 10.6 Å². The molecule has 0 fully saturated rings. The van der Waals surface area contributed by atoms with Crippen LogP contribution in [-0.2, 0) is 13.1 Å². The minimum Gasteiger partial charge on any atom is -0.507 e. The Hall–Kier alpha value is -5.19. The van der Waals surface area contributed by atoms with Crippen LogP contribution in [0.5, 0.6) is 11.5 Å². The van der Waals surface area contributed by atoms with Gasteiger partial charge in [0.1, 0.15) is 17.2 Å². The standard InChI is InChI=1S/C25H21N9O2/c26-23-29-24(33-32-22-19-10-2-1-9-18(19)20(35)13-21(22)36)31-25(30-23)34(14-16-7-3-5-11-27-16)15-17-8-4-6-12-28-17/h1-13,35-36H,14-15H2,(H2,26,29,30,31)/b33-32+. The zero-order valence-corrected chi connectivity index (χ0v) is 19.0. The maximum Gasteiger partial charge on any atom is 0.275 e. The van der Waals surface area contributed by atoms with Crippen molar-refractivity contribution in [2.75, 3.05) is 10.6 Å². The van der Waals surface area contributed by atoms with Crippen LogP contribution in [0.2, 0.25) is 0 Å². The summed E-state index contributed by atoms with van der Waals surface area (Å²) in [5.41, 5.74) is 7.76. The van der Waals surface area contributed by atoms with E-state index in [9.17, 15) is 10.2 Å². The first-order valence-electron chi connectivity index (χ1n) is 11.0. The fourth-order valence-corrected chi connectivity index (χ4v) is 3.65. The molecular weight excluding hydrogens is 458 g/mol. The van der Waals surface area contributed by atoms with E-state index in [1.54, 1.807) is 36.7 Å². The second-order valence-electron chi connectivity index (χ2n) is 7.80. The van der Waals surface area contributed by atoms with E-state index in [2.05, 4.69) is 35.1 Å². The van der Waals surface area contributed by atoms with E-state index in [0.29, 0.717) is 23.9 Å². The molecule has 0 radical (unpaired) electrons. The number of azo groups is 1. The molecule has 0 saturated carbocycles. The predicted molar refractivity (Wildman–Crippen MR) is 134 cm³/mol. The topological polar surface area (TPSA) is 159 Å². The van der Waals surface area contributed by atoms with Crippen molar-refractivity contribution in [1.82, 2.24) is 24.9 Å². The summed E-state index contributed by atoms with van der Waals surface area (Å²) in [7, 11) is 0. The van der Waals surface area contributed by atoms with Crippen LogP contribution in [0.4, 0.5) is 23.5 Å². The fraction of sp³-hybridized carbons (Fsp3) is 0.0800. The van der Waals surface area contributed by atoms with Crippen molar-refractivity contribution in [2.45, 2.75) is 13.1 Å². The third-order valence-corrected chi connectivity index (χ3v) is 5.28. The maximum atomic E-state index is 10.4. The Kier molecular flexibility index (Phi) is 6.26. The summed E-state index contributed by atoms with van der Waals surface area (Å²) in [4.78, 5) is 23.5. The molecule has 0 bridgehead atoms. The maximum absolute atomic E-state index is 10.4. The SMILES string of the molecule is Nc1nc(/N=N/c2c(O)cc(O)c3ccccc23)nc(N(Cc2ccccn2)Cc2ccccn2)n1.